The number of aromatic nitrogens is 3. The summed E-state index contributed by atoms with van der Waals surface area (Å²) in [5, 5.41) is 4.34. The summed E-state index contributed by atoms with van der Waals surface area (Å²) in [6, 6.07) is 8.27. The SMILES string of the molecule is Cc1c(N)cnc2cc(-c3ccccc3F)nn12. The highest BCUT2D eigenvalue weighted by molar-refractivity contribution is 5.65. The molecular formula is C13H11FN4. The molecule has 0 unspecified atom stereocenters. The predicted molar refractivity (Wildman–Crippen MR) is 67.5 cm³/mol. The molecule has 0 aliphatic carbocycles. The van der Waals surface area contributed by atoms with E-state index in [1.54, 1.807) is 35.0 Å². The number of halogens is 1. The lowest BCUT2D eigenvalue weighted by molar-refractivity contribution is 0.630. The Hall–Kier alpha value is -2.43. The Labute approximate surface area is 103 Å². The number of nitrogens with two attached hydrogens (primary N) is 1. The minimum atomic E-state index is -0.300. The monoisotopic (exact) mass is 242 g/mol. The minimum Gasteiger partial charge on any atom is -0.396 e. The maximum Gasteiger partial charge on any atom is 0.155 e. The highest BCUT2D eigenvalue weighted by atomic mass is 19.1. The Bertz CT molecular complexity index is 733. The first kappa shape index (κ1) is 10.7. The molecule has 3 aromatic rings. The van der Waals surface area contributed by atoms with Gasteiger partial charge in [0.25, 0.3) is 0 Å². The highest BCUT2D eigenvalue weighted by Gasteiger charge is 2.11. The lowest BCUT2D eigenvalue weighted by atomic mass is 10.1. The van der Waals surface area contributed by atoms with Crippen molar-refractivity contribution in [2.45, 2.75) is 6.92 Å². The zero-order valence-corrected chi connectivity index (χ0v) is 9.76. The van der Waals surface area contributed by atoms with E-state index < -0.39 is 0 Å². The molecule has 4 nitrogen and oxygen atoms in total. The minimum absolute atomic E-state index is 0.300. The van der Waals surface area contributed by atoms with Crippen LogP contribution >= 0.6 is 0 Å². The maximum absolute atomic E-state index is 13.7. The van der Waals surface area contributed by atoms with Crippen LogP contribution in [0.3, 0.4) is 0 Å². The molecule has 0 fully saturated rings. The predicted octanol–water partition coefficient (Wildman–Crippen LogP) is 2.43. The van der Waals surface area contributed by atoms with Crippen LogP contribution in [-0.2, 0) is 0 Å². The summed E-state index contributed by atoms with van der Waals surface area (Å²) in [6.45, 7) is 1.85. The summed E-state index contributed by atoms with van der Waals surface area (Å²) in [7, 11) is 0. The number of nitrogens with zero attached hydrogens (tertiary/aromatic N) is 3. The molecule has 0 bridgehead atoms. The van der Waals surface area contributed by atoms with Gasteiger partial charge in [0.05, 0.1) is 23.3 Å². The van der Waals surface area contributed by atoms with Crippen molar-refractivity contribution in [3.63, 3.8) is 0 Å². The number of benzene rings is 1. The first-order valence-corrected chi connectivity index (χ1v) is 5.52. The Morgan fingerprint density at radius 2 is 2.06 bits per heavy atom. The molecule has 90 valence electrons. The number of anilines is 1. The summed E-state index contributed by atoms with van der Waals surface area (Å²) in [6.07, 6.45) is 1.58. The van der Waals surface area contributed by atoms with E-state index in [-0.39, 0.29) is 5.82 Å². The molecule has 3 rings (SSSR count). The Kier molecular flexibility index (Phi) is 2.26. The standard InChI is InChI=1S/C13H11FN4/c1-8-11(15)7-16-13-6-12(17-18(8)13)9-4-2-3-5-10(9)14/h2-7H,15H2,1H3. The van der Waals surface area contributed by atoms with E-state index >= 15 is 0 Å². The van der Waals surface area contributed by atoms with Crippen LogP contribution in [0.1, 0.15) is 5.69 Å². The molecule has 1 aromatic carbocycles. The summed E-state index contributed by atoms with van der Waals surface area (Å²) in [5.74, 6) is -0.300. The van der Waals surface area contributed by atoms with Gasteiger partial charge in [-0.1, -0.05) is 12.1 Å². The third-order valence-electron chi connectivity index (χ3n) is 2.91. The van der Waals surface area contributed by atoms with Gasteiger partial charge in [-0.25, -0.2) is 13.9 Å². The zero-order chi connectivity index (χ0) is 12.7. The van der Waals surface area contributed by atoms with Crippen molar-refractivity contribution in [2.75, 3.05) is 5.73 Å². The van der Waals surface area contributed by atoms with Gasteiger partial charge in [0, 0.05) is 11.6 Å². The first-order chi connectivity index (χ1) is 8.66. The molecule has 0 aliphatic rings. The van der Waals surface area contributed by atoms with Crippen LogP contribution < -0.4 is 5.73 Å². The zero-order valence-electron chi connectivity index (χ0n) is 9.76. The number of hydrogen-bond donors (Lipinski definition) is 1. The topological polar surface area (TPSA) is 56.2 Å². The molecule has 0 spiro atoms. The third-order valence-corrected chi connectivity index (χ3v) is 2.91. The molecule has 0 atom stereocenters. The van der Waals surface area contributed by atoms with Gasteiger partial charge in [-0.2, -0.15) is 5.10 Å². The molecule has 0 aliphatic heterocycles. The van der Waals surface area contributed by atoms with Gasteiger partial charge in [0.15, 0.2) is 5.65 Å². The van der Waals surface area contributed by atoms with E-state index in [4.69, 9.17) is 5.73 Å². The van der Waals surface area contributed by atoms with Crippen LogP contribution in [0.2, 0.25) is 0 Å². The highest BCUT2D eigenvalue weighted by Crippen LogP contribution is 2.23. The Morgan fingerprint density at radius 3 is 2.83 bits per heavy atom. The summed E-state index contributed by atoms with van der Waals surface area (Å²) >= 11 is 0. The van der Waals surface area contributed by atoms with Gasteiger partial charge in [-0.15, -0.1) is 0 Å². The number of aryl methyl sites for hydroxylation is 1. The molecule has 18 heavy (non-hydrogen) atoms. The number of fused-ring (bicyclic) bond motifs is 1. The number of hydrogen-bond acceptors (Lipinski definition) is 3. The van der Waals surface area contributed by atoms with Crippen LogP contribution in [0.5, 0.6) is 0 Å². The van der Waals surface area contributed by atoms with E-state index in [1.165, 1.54) is 6.07 Å². The average Bonchev–Trinajstić information content (AvgIpc) is 2.79. The van der Waals surface area contributed by atoms with Gasteiger partial charge in [-0.05, 0) is 19.1 Å². The fraction of sp³-hybridized carbons (Fsp3) is 0.0769. The van der Waals surface area contributed by atoms with Crippen LogP contribution in [0.4, 0.5) is 10.1 Å². The third kappa shape index (κ3) is 1.52. The molecule has 0 amide bonds. The van der Waals surface area contributed by atoms with E-state index in [9.17, 15) is 4.39 Å². The quantitative estimate of drug-likeness (QED) is 0.713. The van der Waals surface area contributed by atoms with E-state index in [0.29, 0.717) is 22.6 Å². The maximum atomic E-state index is 13.7. The van der Waals surface area contributed by atoms with Crippen LogP contribution in [-0.4, -0.2) is 14.6 Å². The van der Waals surface area contributed by atoms with Crippen molar-refractivity contribution in [1.82, 2.24) is 14.6 Å². The fourth-order valence-corrected chi connectivity index (χ4v) is 1.86. The summed E-state index contributed by atoms with van der Waals surface area (Å²) in [5.41, 5.74) is 8.78. The van der Waals surface area contributed by atoms with Crippen molar-refractivity contribution in [3.05, 3.63) is 48.0 Å². The van der Waals surface area contributed by atoms with Crippen LogP contribution in [0, 0.1) is 12.7 Å². The molecule has 0 saturated carbocycles. The van der Waals surface area contributed by atoms with Crippen molar-refractivity contribution >= 4 is 11.3 Å². The number of rotatable bonds is 1. The lowest BCUT2D eigenvalue weighted by Crippen LogP contribution is -2.00. The van der Waals surface area contributed by atoms with Gasteiger partial charge in [-0.3, -0.25) is 0 Å². The Balaban J connectivity index is 2.26. The summed E-state index contributed by atoms with van der Waals surface area (Å²) < 4.78 is 15.3. The Morgan fingerprint density at radius 1 is 1.28 bits per heavy atom. The van der Waals surface area contributed by atoms with Crippen LogP contribution in [0.15, 0.2) is 36.5 Å². The second-order valence-corrected chi connectivity index (χ2v) is 4.08. The molecule has 0 saturated heterocycles. The molecule has 0 radical (unpaired) electrons. The second kappa shape index (κ2) is 3.80. The van der Waals surface area contributed by atoms with E-state index in [0.717, 1.165) is 5.69 Å². The van der Waals surface area contributed by atoms with Gasteiger partial charge in [0.2, 0.25) is 0 Å². The second-order valence-electron chi connectivity index (χ2n) is 4.08. The molecule has 5 heteroatoms. The van der Waals surface area contributed by atoms with Gasteiger partial charge in [0.1, 0.15) is 5.82 Å². The largest absolute Gasteiger partial charge is 0.396 e. The first-order valence-electron chi connectivity index (χ1n) is 5.52. The van der Waals surface area contributed by atoms with Crippen molar-refractivity contribution in [1.29, 1.82) is 0 Å². The molecule has 2 aromatic heterocycles. The number of nitrogen functional groups attached to an aromatic ring is 1. The van der Waals surface area contributed by atoms with Crippen molar-refractivity contribution in [3.8, 4) is 11.3 Å². The molecular weight excluding hydrogens is 231 g/mol. The molecule has 2 N–H and O–H groups in total. The van der Waals surface area contributed by atoms with Gasteiger partial charge >= 0.3 is 0 Å². The van der Waals surface area contributed by atoms with Crippen molar-refractivity contribution < 1.29 is 4.39 Å². The average molecular weight is 242 g/mol. The van der Waals surface area contributed by atoms with Gasteiger partial charge < -0.3 is 5.73 Å². The fourth-order valence-electron chi connectivity index (χ4n) is 1.86. The normalized spacial score (nSPS) is 11.0. The van der Waals surface area contributed by atoms with E-state index in [1.807, 2.05) is 6.92 Å². The molecule has 2 heterocycles. The smallest absolute Gasteiger partial charge is 0.155 e. The summed E-state index contributed by atoms with van der Waals surface area (Å²) in [4.78, 5) is 4.17. The lowest BCUT2D eigenvalue weighted by Gasteiger charge is -2.01. The van der Waals surface area contributed by atoms with Crippen LogP contribution in [0.25, 0.3) is 16.9 Å². The van der Waals surface area contributed by atoms with Crippen molar-refractivity contribution in [2.24, 2.45) is 0 Å². The van der Waals surface area contributed by atoms with E-state index in [2.05, 4.69) is 10.1 Å².